The number of benzene rings is 1. The largest absolute Gasteiger partial charge is 0.338 e. The number of likely N-dealkylation sites (tertiary alicyclic amines) is 1. The third kappa shape index (κ3) is 3.03. The van der Waals surface area contributed by atoms with E-state index in [1.54, 1.807) is 11.3 Å². The van der Waals surface area contributed by atoms with Gasteiger partial charge in [-0.15, -0.1) is 11.3 Å². The van der Waals surface area contributed by atoms with E-state index in [-0.39, 0.29) is 5.91 Å². The summed E-state index contributed by atoms with van der Waals surface area (Å²) in [4.78, 5) is 16.8. The summed E-state index contributed by atoms with van der Waals surface area (Å²) in [5, 5.41) is 0. The molecular weight excluding hydrogens is 278 g/mol. The summed E-state index contributed by atoms with van der Waals surface area (Å²) < 4.78 is 0. The van der Waals surface area contributed by atoms with Gasteiger partial charge in [0.05, 0.1) is 4.88 Å². The molecule has 1 aromatic carbocycles. The highest BCUT2D eigenvalue weighted by Crippen LogP contribution is 2.33. The van der Waals surface area contributed by atoms with Gasteiger partial charge in [0.1, 0.15) is 0 Å². The van der Waals surface area contributed by atoms with Gasteiger partial charge in [-0.1, -0.05) is 37.3 Å². The quantitative estimate of drug-likeness (QED) is 0.794. The smallest absolute Gasteiger partial charge is 0.263 e. The van der Waals surface area contributed by atoms with Crippen molar-refractivity contribution >= 4 is 17.2 Å². The maximum atomic E-state index is 12.7. The van der Waals surface area contributed by atoms with Crippen LogP contribution in [0.2, 0.25) is 0 Å². The highest BCUT2D eigenvalue weighted by Gasteiger charge is 2.24. The molecule has 2 nitrogen and oxygen atoms in total. The minimum absolute atomic E-state index is 0.205. The minimum atomic E-state index is 0.205. The molecule has 0 N–H and O–H groups in total. The average molecular weight is 299 g/mol. The lowest BCUT2D eigenvalue weighted by atomic mass is 10.0. The Morgan fingerprint density at radius 2 is 2.05 bits per heavy atom. The van der Waals surface area contributed by atoms with Gasteiger partial charge in [-0.25, -0.2) is 0 Å². The number of hydrogen-bond acceptors (Lipinski definition) is 2. The molecule has 21 heavy (non-hydrogen) atoms. The molecule has 110 valence electrons. The van der Waals surface area contributed by atoms with Gasteiger partial charge in [0.25, 0.3) is 5.91 Å². The maximum absolute atomic E-state index is 12.7. The molecule has 1 aliphatic heterocycles. The Morgan fingerprint density at radius 3 is 2.76 bits per heavy atom. The van der Waals surface area contributed by atoms with Crippen molar-refractivity contribution in [3.8, 4) is 10.4 Å². The van der Waals surface area contributed by atoms with Crippen molar-refractivity contribution in [2.24, 2.45) is 5.92 Å². The zero-order valence-corrected chi connectivity index (χ0v) is 13.5. The van der Waals surface area contributed by atoms with Crippen LogP contribution in [0.1, 0.15) is 35.0 Å². The fourth-order valence-electron chi connectivity index (χ4n) is 2.99. The van der Waals surface area contributed by atoms with Crippen molar-refractivity contribution in [2.45, 2.75) is 26.7 Å². The van der Waals surface area contributed by atoms with Crippen LogP contribution in [-0.4, -0.2) is 23.9 Å². The van der Waals surface area contributed by atoms with E-state index in [0.29, 0.717) is 5.92 Å². The molecule has 3 heteroatoms. The summed E-state index contributed by atoms with van der Waals surface area (Å²) in [5.74, 6) is 0.828. The molecule has 0 radical (unpaired) electrons. The molecule has 1 unspecified atom stereocenters. The van der Waals surface area contributed by atoms with Gasteiger partial charge in [-0.05, 0) is 42.9 Å². The summed E-state index contributed by atoms with van der Waals surface area (Å²) in [6, 6.07) is 12.4. The molecule has 0 spiro atoms. The summed E-state index contributed by atoms with van der Waals surface area (Å²) in [5.41, 5.74) is 2.39. The van der Waals surface area contributed by atoms with Crippen molar-refractivity contribution in [3.05, 3.63) is 46.8 Å². The van der Waals surface area contributed by atoms with Gasteiger partial charge in [0, 0.05) is 18.0 Å². The van der Waals surface area contributed by atoms with Crippen LogP contribution in [0.5, 0.6) is 0 Å². The number of thiophene rings is 1. The van der Waals surface area contributed by atoms with Crippen LogP contribution in [0.15, 0.2) is 36.4 Å². The summed E-state index contributed by atoms with van der Waals surface area (Å²) in [6.45, 7) is 6.13. The number of carbonyl (C=O) groups excluding carboxylic acids is 1. The third-order valence-corrected chi connectivity index (χ3v) is 5.38. The first kappa shape index (κ1) is 14.3. The summed E-state index contributed by atoms with van der Waals surface area (Å²) in [7, 11) is 0. The Morgan fingerprint density at radius 1 is 1.29 bits per heavy atom. The standard InChI is InChI=1S/C18H21NOS/c1-13-7-6-10-19(12-13)18(20)16-11-14(2)17(21-16)15-8-4-3-5-9-15/h3-5,8-9,11,13H,6-7,10,12H2,1-2H3. The third-order valence-electron chi connectivity index (χ3n) is 4.11. The van der Waals surface area contributed by atoms with E-state index in [4.69, 9.17) is 0 Å². The molecular formula is C18H21NOS. The van der Waals surface area contributed by atoms with Crippen molar-refractivity contribution in [1.82, 2.24) is 4.90 Å². The predicted molar refractivity (Wildman–Crippen MR) is 88.8 cm³/mol. The van der Waals surface area contributed by atoms with Crippen LogP contribution in [0.3, 0.4) is 0 Å². The Hall–Kier alpha value is -1.61. The fraction of sp³-hybridized carbons (Fsp3) is 0.389. The van der Waals surface area contributed by atoms with E-state index < -0.39 is 0 Å². The Balaban J connectivity index is 1.85. The summed E-state index contributed by atoms with van der Waals surface area (Å²) >= 11 is 1.62. The molecule has 1 aromatic heterocycles. The van der Waals surface area contributed by atoms with Crippen molar-refractivity contribution in [3.63, 3.8) is 0 Å². The minimum Gasteiger partial charge on any atom is -0.338 e. The van der Waals surface area contributed by atoms with Crippen LogP contribution in [0.25, 0.3) is 10.4 Å². The maximum Gasteiger partial charge on any atom is 0.263 e. The number of aryl methyl sites for hydroxylation is 1. The van der Waals surface area contributed by atoms with E-state index >= 15 is 0 Å². The predicted octanol–water partition coefficient (Wildman–Crippen LogP) is 4.60. The second-order valence-corrected chi connectivity index (χ2v) is 7.04. The Bertz CT molecular complexity index is 632. The van der Waals surface area contributed by atoms with Gasteiger partial charge in [-0.3, -0.25) is 4.79 Å². The van der Waals surface area contributed by atoms with Gasteiger partial charge in [-0.2, -0.15) is 0 Å². The van der Waals surface area contributed by atoms with Crippen LogP contribution < -0.4 is 0 Å². The number of amides is 1. The van der Waals surface area contributed by atoms with Crippen molar-refractivity contribution < 1.29 is 4.79 Å². The summed E-state index contributed by atoms with van der Waals surface area (Å²) in [6.07, 6.45) is 2.37. The molecule has 0 bridgehead atoms. The molecule has 3 rings (SSSR count). The number of carbonyl (C=O) groups is 1. The van der Waals surface area contributed by atoms with Gasteiger partial charge in [0.15, 0.2) is 0 Å². The molecule has 1 fully saturated rings. The van der Waals surface area contributed by atoms with E-state index in [0.717, 1.165) is 24.4 Å². The first-order chi connectivity index (χ1) is 10.1. The normalized spacial score (nSPS) is 18.8. The zero-order valence-electron chi connectivity index (χ0n) is 12.6. The van der Waals surface area contributed by atoms with E-state index in [2.05, 4.69) is 32.0 Å². The number of hydrogen-bond donors (Lipinski definition) is 0. The van der Waals surface area contributed by atoms with Crippen molar-refractivity contribution in [2.75, 3.05) is 13.1 Å². The molecule has 1 atom stereocenters. The van der Waals surface area contributed by atoms with Crippen LogP contribution in [0.4, 0.5) is 0 Å². The molecule has 0 aliphatic carbocycles. The first-order valence-corrected chi connectivity index (χ1v) is 8.42. The topological polar surface area (TPSA) is 20.3 Å². The van der Waals surface area contributed by atoms with Gasteiger partial charge < -0.3 is 4.90 Å². The highest BCUT2D eigenvalue weighted by atomic mass is 32.1. The molecule has 1 amide bonds. The monoisotopic (exact) mass is 299 g/mol. The van der Waals surface area contributed by atoms with Gasteiger partial charge >= 0.3 is 0 Å². The van der Waals surface area contributed by atoms with E-state index in [1.807, 2.05) is 23.1 Å². The average Bonchev–Trinajstić information content (AvgIpc) is 2.89. The Labute approximate surface area is 130 Å². The van der Waals surface area contributed by atoms with Crippen LogP contribution in [0, 0.1) is 12.8 Å². The zero-order chi connectivity index (χ0) is 14.8. The van der Waals surface area contributed by atoms with Gasteiger partial charge in [0.2, 0.25) is 0 Å². The molecule has 1 aliphatic rings. The second kappa shape index (κ2) is 6.02. The van der Waals surface area contributed by atoms with Crippen LogP contribution in [-0.2, 0) is 0 Å². The first-order valence-electron chi connectivity index (χ1n) is 7.60. The number of nitrogens with zero attached hydrogens (tertiary/aromatic N) is 1. The molecule has 0 saturated carbocycles. The second-order valence-electron chi connectivity index (χ2n) is 5.99. The lowest BCUT2D eigenvalue weighted by molar-refractivity contribution is 0.0688. The number of piperidine rings is 1. The highest BCUT2D eigenvalue weighted by molar-refractivity contribution is 7.17. The molecule has 1 saturated heterocycles. The Kier molecular flexibility index (Phi) is 4.11. The van der Waals surface area contributed by atoms with E-state index in [1.165, 1.54) is 22.4 Å². The fourth-order valence-corrected chi connectivity index (χ4v) is 4.14. The van der Waals surface area contributed by atoms with Crippen LogP contribution >= 0.6 is 11.3 Å². The molecule has 2 heterocycles. The lowest BCUT2D eigenvalue weighted by Crippen LogP contribution is -2.38. The lowest BCUT2D eigenvalue weighted by Gasteiger charge is -2.30. The van der Waals surface area contributed by atoms with E-state index in [9.17, 15) is 4.79 Å². The molecule has 2 aromatic rings. The number of rotatable bonds is 2. The van der Waals surface area contributed by atoms with Crippen molar-refractivity contribution in [1.29, 1.82) is 0 Å². The SMILES string of the molecule is Cc1cc(C(=O)N2CCCC(C)C2)sc1-c1ccccc1.